The summed E-state index contributed by atoms with van der Waals surface area (Å²) >= 11 is 0. The highest BCUT2D eigenvalue weighted by Gasteiger charge is 2.70. The number of hydrogen-bond donors (Lipinski definition) is 1. The number of ketones is 1. The molecule has 0 bridgehead atoms. The van der Waals surface area contributed by atoms with Gasteiger partial charge in [0.05, 0.1) is 11.5 Å². The number of esters is 1. The molecule has 0 radical (unpaired) electrons. The molecule has 25 heavy (non-hydrogen) atoms. The van der Waals surface area contributed by atoms with Crippen LogP contribution >= 0.6 is 0 Å². The first kappa shape index (κ1) is 15.8. The maximum atomic E-state index is 12.8. The van der Waals surface area contributed by atoms with Gasteiger partial charge in [0, 0.05) is 17.3 Å². The van der Waals surface area contributed by atoms with Crippen molar-refractivity contribution in [2.24, 2.45) is 34.5 Å². The van der Waals surface area contributed by atoms with Crippen LogP contribution in [0.4, 0.5) is 0 Å². The molecule has 1 N–H and O–H groups in total. The lowest BCUT2D eigenvalue weighted by molar-refractivity contribution is -0.165. The van der Waals surface area contributed by atoms with Gasteiger partial charge in [0.2, 0.25) is 0 Å². The average molecular weight is 342 g/mol. The molecule has 4 nitrogen and oxygen atoms in total. The maximum absolute atomic E-state index is 12.8. The van der Waals surface area contributed by atoms with Crippen molar-refractivity contribution >= 4 is 11.8 Å². The van der Waals surface area contributed by atoms with Crippen LogP contribution in [0.3, 0.4) is 0 Å². The van der Waals surface area contributed by atoms with Crippen molar-refractivity contribution in [3.05, 3.63) is 23.8 Å². The van der Waals surface area contributed by atoms with Crippen molar-refractivity contribution in [2.45, 2.75) is 58.2 Å². The van der Waals surface area contributed by atoms with E-state index in [9.17, 15) is 14.7 Å². The van der Waals surface area contributed by atoms with Gasteiger partial charge >= 0.3 is 5.97 Å². The summed E-state index contributed by atoms with van der Waals surface area (Å²) in [7, 11) is 0. The lowest BCUT2D eigenvalue weighted by Gasteiger charge is -2.57. The van der Waals surface area contributed by atoms with Crippen molar-refractivity contribution in [1.29, 1.82) is 0 Å². The standard InChI is InChI=1S/C21H26O4/c1-11-15-5-6-16-14-4-3-12-9-13(22)7-8-20(12,2)18(14)17(23)10-21(15,16)19(24)25-11/h7-9,11,14-18,23H,3-6,10H2,1-2H3/t11-,14-,15+,16-,17-,18-,20-,21-/m0/s1. The number of allylic oxidation sites excluding steroid dienone is 4. The van der Waals surface area contributed by atoms with E-state index in [-0.39, 0.29) is 35.1 Å². The molecule has 0 amide bonds. The van der Waals surface area contributed by atoms with Crippen molar-refractivity contribution in [2.75, 3.05) is 0 Å². The molecule has 1 aliphatic heterocycles. The first-order valence-corrected chi connectivity index (χ1v) is 9.71. The van der Waals surface area contributed by atoms with Gasteiger partial charge in [-0.15, -0.1) is 0 Å². The van der Waals surface area contributed by atoms with E-state index in [1.807, 2.05) is 13.0 Å². The molecule has 4 aliphatic carbocycles. The Morgan fingerprint density at radius 1 is 1.20 bits per heavy atom. The number of ether oxygens (including phenoxy) is 1. The fraction of sp³-hybridized carbons (Fsp3) is 0.714. The van der Waals surface area contributed by atoms with Crippen LogP contribution in [0.1, 0.15) is 46.0 Å². The Hall–Kier alpha value is -1.42. The quantitative estimate of drug-likeness (QED) is 0.688. The van der Waals surface area contributed by atoms with Gasteiger partial charge in [0.1, 0.15) is 6.10 Å². The lowest BCUT2D eigenvalue weighted by Crippen LogP contribution is -2.57. The predicted octanol–water partition coefficient (Wildman–Crippen LogP) is 2.81. The van der Waals surface area contributed by atoms with Crippen LogP contribution in [0.25, 0.3) is 0 Å². The van der Waals surface area contributed by atoms with Crippen molar-refractivity contribution < 1.29 is 19.4 Å². The zero-order chi connectivity index (χ0) is 17.6. The summed E-state index contributed by atoms with van der Waals surface area (Å²) < 4.78 is 5.64. The summed E-state index contributed by atoms with van der Waals surface area (Å²) in [6, 6.07) is 0. The smallest absolute Gasteiger partial charge is 0.313 e. The van der Waals surface area contributed by atoms with E-state index in [0.29, 0.717) is 18.3 Å². The van der Waals surface area contributed by atoms with Crippen molar-refractivity contribution in [1.82, 2.24) is 0 Å². The first-order chi connectivity index (χ1) is 11.9. The topological polar surface area (TPSA) is 63.6 Å². The van der Waals surface area contributed by atoms with Crippen LogP contribution < -0.4 is 0 Å². The molecule has 4 heteroatoms. The summed E-state index contributed by atoms with van der Waals surface area (Å²) in [5.41, 5.74) is 0.434. The molecular weight excluding hydrogens is 316 g/mol. The third kappa shape index (κ3) is 1.77. The molecule has 5 rings (SSSR count). The molecule has 0 aromatic carbocycles. The Labute approximate surface area is 148 Å². The fourth-order valence-corrected chi connectivity index (χ4v) is 7.41. The highest BCUT2D eigenvalue weighted by Crippen LogP contribution is 2.68. The highest BCUT2D eigenvalue weighted by molar-refractivity contribution is 6.01. The lowest BCUT2D eigenvalue weighted by atomic mass is 9.46. The Balaban J connectivity index is 1.59. The third-order valence-corrected chi connectivity index (χ3v) is 8.33. The van der Waals surface area contributed by atoms with Gasteiger partial charge in [-0.2, -0.15) is 0 Å². The molecule has 5 aliphatic rings. The molecule has 0 unspecified atom stereocenters. The molecule has 0 aromatic rings. The second-order valence-corrected chi connectivity index (χ2v) is 9.13. The van der Waals surface area contributed by atoms with Gasteiger partial charge in [-0.1, -0.05) is 18.6 Å². The Morgan fingerprint density at radius 2 is 1.96 bits per heavy atom. The van der Waals surface area contributed by atoms with Crippen LogP contribution in [0.5, 0.6) is 0 Å². The van der Waals surface area contributed by atoms with Gasteiger partial charge in [-0.3, -0.25) is 9.59 Å². The number of rotatable bonds is 0. The van der Waals surface area contributed by atoms with Crippen molar-refractivity contribution in [3.8, 4) is 0 Å². The van der Waals surface area contributed by atoms with E-state index >= 15 is 0 Å². The molecule has 4 fully saturated rings. The molecular formula is C21H26O4. The van der Waals surface area contributed by atoms with Crippen LogP contribution in [0.2, 0.25) is 0 Å². The minimum atomic E-state index is -0.522. The number of hydrogen-bond acceptors (Lipinski definition) is 4. The summed E-state index contributed by atoms with van der Waals surface area (Å²) in [5.74, 6) is 0.982. The average Bonchev–Trinajstić information content (AvgIpc) is 3.04. The van der Waals surface area contributed by atoms with E-state index in [4.69, 9.17) is 4.74 Å². The van der Waals surface area contributed by atoms with Gasteiger partial charge < -0.3 is 9.84 Å². The minimum Gasteiger partial charge on any atom is -0.462 e. The number of cyclic esters (lactones) is 1. The first-order valence-electron chi connectivity index (χ1n) is 9.71. The van der Waals surface area contributed by atoms with Crippen molar-refractivity contribution in [3.63, 3.8) is 0 Å². The van der Waals surface area contributed by atoms with Gasteiger partial charge in [-0.05, 0) is 63.0 Å². The van der Waals surface area contributed by atoms with Gasteiger partial charge in [-0.25, -0.2) is 0 Å². The van der Waals surface area contributed by atoms with Crippen LogP contribution in [-0.4, -0.2) is 29.1 Å². The Morgan fingerprint density at radius 3 is 2.76 bits per heavy atom. The number of carbonyl (C=O) groups excluding carboxylic acids is 2. The number of fused-ring (bicyclic) bond motifs is 4. The Kier molecular flexibility index (Phi) is 3.06. The fourth-order valence-electron chi connectivity index (χ4n) is 7.41. The van der Waals surface area contributed by atoms with E-state index in [1.54, 1.807) is 12.2 Å². The largest absolute Gasteiger partial charge is 0.462 e. The molecule has 0 aromatic heterocycles. The summed E-state index contributed by atoms with van der Waals surface area (Å²) in [6.07, 6.45) is 9.38. The number of aliphatic hydroxyl groups is 1. The van der Waals surface area contributed by atoms with E-state index in [2.05, 4.69) is 6.92 Å². The molecule has 1 saturated heterocycles. The molecule has 1 heterocycles. The normalized spacial score (nSPS) is 53.5. The van der Waals surface area contributed by atoms with Crippen LogP contribution in [0, 0.1) is 34.5 Å². The molecule has 1 spiro atoms. The summed E-state index contributed by atoms with van der Waals surface area (Å²) in [5, 5.41) is 11.2. The number of aliphatic hydroxyl groups excluding tert-OH is 1. The second kappa shape index (κ2) is 4.85. The van der Waals surface area contributed by atoms with Crippen LogP contribution in [-0.2, 0) is 14.3 Å². The predicted molar refractivity (Wildman–Crippen MR) is 91.4 cm³/mol. The molecule has 3 saturated carbocycles. The number of carbonyl (C=O) groups is 2. The zero-order valence-corrected chi connectivity index (χ0v) is 14.9. The Bertz CT molecular complexity index is 721. The highest BCUT2D eigenvalue weighted by atomic mass is 16.6. The van der Waals surface area contributed by atoms with E-state index in [1.165, 1.54) is 0 Å². The summed E-state index contributed by atoms with van der Waals surface area (Å²) in [6.45, 7) is 4.18. The van der Waals surface area contributed by atoms with Crippen LogP contribution in [0.15, 0.2) is 23.8 Å². The van der Waals surface area contributed by atoms with Gasteiger partial charge in [0.25, 0.3) is 0 Å². The van der Waals surface area contributed by atoms with Gasteiger partial charge in [0.15, 0.2) is 5.78 Å². The van der Waals surface area contributed by atoms with E-state index < -0.39 is 11.5 Å². The maximum Gasteiger partial charge on any atom is 0.313 e. The summed E-state index contributed by atoms with van der Waals surface area (Å²) in [4.78, 5) is 24.7. The van der Waals surface area contributed by atoms with E-state index in [0.717, 1.165) is 31.3 Å². The second-order valence-electron chi connectivity index (χ2n) is 9.13. The minimum absolute atomic E-state index is 0.0249. The molecule has 134 valence electrons. The zero-order valence-electron chi connectivity index (χ0n) is 14.9. The molecule has 8 atom stereocenters. The SMILES string of the molecule is C[C@@H]1OC(=O)[C@]23C[C@H](O)[C@@H]4[C@@H](CCC5=CC(=O)C=C[C@@]54C)[C@@H]2CC[C@H]13. The third-order valence-electron chi connectivity index (χ3n) is 8.33. The monoisotopic (exact) mass is 342 g/mol.